The maximum Gasteiger partial charge on any atom is 0.148 e. The van der Waals surface area contributed by atoms with Crippen LogP contribution in [0.1, 0.15) is 12.1 Å². The Kier molecular flexibility index (Phi) is 2.64. The number of fused-ring (bicyclic) bond motifs is 3. The van der Waals surface area contributed by atoms with Crippen LogP contribution in [-0.4, -0.2) is 21.0 Å². The highest BCUT2D eigenvalue weighted by molar-refractivity contribution is 5.98. The number of nitrogens with zero attached hydrogens (tertiary/aromatic N) is 2. The number of hydrogen-bond donors (Lipinski definition) is 2. The monoisotopic (exact) mass is 241 g/mol. The fraction of sp³-hybridized carbons (Fsp3) is 0.214. The first-order valence-electron chi connectivity index (χ1n) is 6.08. The molecule has 0 aliphatic heterocycles. The van der Waals surface area contributed by atoms with E-state index in [2.05, 4.69) is 4.98 Å². The van der Waals surface area contributed by atoms with Crippen LogP contribution in [0, 0.1) is 0 Å². The highest BCUT2D eigenvalue weighted by atomic mass is 16.3. The lowest BCUT2D eigenvalue weighted by molar-refractivity contribution is 0.482. The average molecular weight is 241 g/mol. The number of benzene rings is 1. The van der Waals surface area contributed by atoms with Crippen molar-refractivity contribution in [2.24, 2.45) is 5.73 Å². The highest BCUT2D eigenvalue weighted by Gasteiger charge is 2.08. The third-order valence-electron chi connectivity index (χ3n) is 3.13. The predicted molar refractivity (Wildman–Crippen MR) is 71.7 cm³/mol. The Morgan fingerprint density at radius 2 is 2.17 bits per heavy atom. The van der Waals surface area contributed by atoms with Crippen molar-refractivity contribution in [1.82, 2.24) is 9.38 Å². The molecule has 0 spiro atoms. The maximum atomic E-state index is 9.98. The summed E-state index contributed by atoms with van der Waals surface area (Å²) < 4.78 is 1.95. The fourth-order valence-corrected chi connectivity index (χ4v) is 2.25. The summed E-state index contributed by atoms with van der Waals surface area (Å²) in [4.78, 5) is 4.59. The van der Waals surface area contributed by atoms with Crippen LogP contribution >= 0.6 is 0 Å². The van der Waals surface area contributed by atoms with Crippen LogP contribution in [0.4, 0.5) is 0 Å². The van der Waals surface area contributed by atoms with Crippen molar-refractivity contribution in [3.05, 3.63) is 42.4 Å². The van der Waals surface area contributed by atoms with Gasteiger partial charge in [0.2, 0.25) is 0 Å². The van der Waals surface area contributed by atoms with E-state index in [0.29, 0.717) is 6.54 Å². The molecular weight excluding hydrogens is 226 g/mol. The lowest BCUT2D eigenvalue weighted by atomic mass is 10.1. The molecule has 4 nitrogen and oxygen atoms in total. The lowest BCUT2D eigenvalue weighted by Gasteiger charge is -2.02. The highest BCUT2D eigenvalue weighted by Crippen LogP contribution is 2.28. The van der Waals surface area contributed by atoms with Crippen LogP contribution in [0.25, 0.3) is 16.4 Å². The Morgan fingerprint density at radius 3 is 3.00 bits per heavy atom. The molecule has 0 saturated carbocycles. The Balaban J connectivity index is 2.23. The van der Waals surface area contributed by atoms with Crippen molar-refractivity contribution in [3.8, 4) is 5.75 Å². The van der Waals surface area contributed by atoms with E-state index >= 15 is 0 Å². The number of aromatic nitrogens is 2. The number of rotatable bonds is 3. The molecule has 0 atom stereocenters. The number of hydrogen-bond acceptors (Lipinski definition) is 3. The van der Waals surface area contributed by atoms with Gasteiger partial charge in [-0.05, 0) is 36.9 Å². The summed E-state index contributed by atoms with van der Waals surface area (Å²) in [6.45, 7) is 0.667. The second kappa shape index (κ2) is 4.31. The van der Waals surface area contributed by atoms with Crippen molar-refractivity contribution in [2.75, 3.05) is 6.54 Å². The molecule has 0 unspecified atom stereocenters. The zero-order chi connectivity index (χ0) is 12.5. The van der Waals surface area contributed by atoms with Crippen LogP contribution in [0.15, 0.2) is 36.7 Å². The molecule has 0 saturated heterocycles. The van der Waals surface area contributed by atoms with Crippen LogP contribution in [0.2, 0.25) is 0 Å². The topological polar surface area (TPSA) is 63.5 Å². The number of phenols is 1. The van der Waals surface area contributed by atoms with E-state index in [0.717, 1.165) is 35.0 Å². The SMILES string of the molecule is NCCCc1cn2ccc3cccc(O)c3c2n1. The van der Waals surface area contributed by atoms with Gasteiger partial charge in [-0.15, -0.1) is 0 Å². The molecule has 92 valence electrons. The molecule has 4 heteroatoms. The zero-order valence-electron chi connectivity index (χ0n) is 10.0. The largest absolute Gasteiger partial charge is 0.507 e. The van der Waals surface area contributed by atoms with Gasteiger partial charge in [0, 0.05) is 12.4 Å². The molecule has 0 bridgehead atoms. The van der Waals surface area contributed by atoms with Gasteiger partial charge in [-0.25, -0.2) is 4.98 Å². The molecule has 2 heterocycles. The first kappa shape index (κ1) is 11.0. The number of aryl methyl sites for hydroxylation is 1. The number of imidazole rings is 1. The van der Waals surface area contributed by atoms with Crippen molar-refractivity contribution >= 4 is 16.4 Å². The molecule has 1 aromatic carbocycles. The van der Waals surface area contributed by atoms with Gasteiger partial charge < -0.3 is 15.2 Å². The second-order valence-corrected chi connectivity index (χ2v) is 4.41. The molecule has 0 fully saturated rings. The molecule has 3 rings (SSSR count). The van der Waals surface area contributed by atoms with Crippen LogP contribution in [0.5, 0.6) is 5.75 Å². The Hall–Kier alpha value is -2.07. The summed E-state index contributed by atoms with van der Waals surface area (Å²) >= 11 is 0. The maximum absolute atomic E-state index is 9.98. The third kappa shape index (κ3) is 1.71. The lowest BCUT2D eigenvalue weighted by Crippen LogP contribution is -2.00. The van der Waals surface area contributed by atoms with Gasteiger partial charge in [0.25, 0.3) is 0 Å². The van der Waals surface area contributed by atoms with Gasteiger partial charge in [0.05, 0.1) is 11.1 Å². The van der Waals surface area contributed by atoms with Crippen LogP contribution in [-0.2, 0) is 6.42 Å². The van der Waals surface area contributed by atoms with Gasteiger partial charge in [-0.3, -0.25) is 0 Å². The second-order valence-electron chi connectivity index (χ2n) is 4.41. The van der Waals surface area contributed by atoms with E-state index in [1.54, 1.807) is 6.07 Å². The van der Waals surface area contributed by atoms with Crippen molar-refractivity contribution < 1.29 is 5.11 Å². The normalized spacial score (nSPS) is 11.4. The number of nitrogens with two attached hydrogens (primary N) is 1. The molecular formula is C14H15N3O. The molecule has 3 aromatic rings. The van der Waals surface area contributed by atoms with Gasteiger partial charge in [0.1, 0.15) is 11.4 Å². The van der Waals surface area contributed by atoms with E-state index in [1.165, 1.54) is 0 Å². The fourth-order valence-electron chi connectivity index (χ4n) is 2.25. The zero-order valence-corrected chi connectivity index (χ0v) is 10.0. The van der Waals surface area contributed by atoms with Crippen molar-refractivity contribution in [1.29, 1.82) is 0 Å². The van der Waals surface area contributed by atoms with Gasteiger partial charge in [-0.2, -0.15) is 0 Å². The molecule has 18 heavy (non-hydrogen) atoms. The average Bonchev–Trinajstić information content (AvgIpc) is 2.79. The standard InChI is InChI=1S/C14H15N3O/c15-7-2-4-11-9-17-8-6-10-3-1-5-12(18)13(10)14(17)16-11/h1,3,5-6,8-9,18H,2,4,7,15H2. The Labute approximate surface area is 105 Å². The first-order chi connectivity index (χ1) is 8.79. The Bertz CT molecular complexity index is 703. The minimum absolute atomic E-state index is 0.272. The van der Waals surface area contributed by atoms with E-state index < -0.39 is 0 Å². The minimum Gasteiger partial charge on any atom is -0.507 e. The molecule has 0 aliphatic carbocycles. The van der Waals surface area contributed by atoms with Gasteiger partial charge in [-0.1, -0.05) is 12.1 Å². The molecule has 0 radical (unpaired) electrons. The molecule has 0 amide bonds. The molecule has 2 aromatic heterocycles. The van der Waals surface area contributed by atoms with E-state index in [1.807, 2.05) is 35.0 Å². The van der Waals surface area contributed by atoms with E-state index in [4.69, 9.17) is 5.73 Å². The quantitative estimate of drug-likeness (QED) is 0.738. The van der Waals surface area contributed by atoms with E-state index in [-0.39, 0.29) is 5.75 Å². The Morgan fingerprint density at radius 1 is 1.28 bits per heavy atom. The minimum atomic E-state index is 0.272. The number of aromatic hydroxyl groups is 1. The molecule has 0 aliphatic rings. The van der Waals surface area contributed by atoms with Crippen molar-refractivity contribution in [3.63, 3.8) is 0 Å². The number of phenolic OH excluding ortho intramolecular Hbond substituents is 1. The summed E-state index contributed by atoms with van der Waals surface area (Å²) in [7, 11) is 0. The first-order valence-corrected chi connectivity index (χ1v) is 6.08. The smallest absolute Gasteiger partial charge is 0.148 e. The van der Waals surface area contributed by atoms with Crippen LogP contribution in [0.3, 0.4) is 0 Å². The summed E-state index contributed by atoms with van der Waals surface area (Å²) in [5.41, 5.74) is 7.32. The third-order valence-corrected chi connectivity index (χ3v) is 3.13. The summed E-state index contributed by atoms with van der Waals surface area (Å²) in [5.74, 6) is 0.272. The summed E-state index contributed by atoms with van der Waals surface area (Å²) in [5, 5.41) is 11.8. The van der Waals surface area contributed by atoms with Gasteiger partial charge >= 0.3 is 0 Å². The van der Waals surface area contributed by atoms with Gasteiger partial charge in [0.15, 0.2) is 0 Å². The van der Waals surface area contributed by atoms with E-state index in [9.17, 15) is 5.11 Å². The predicted octanol–water partition coefficient (Wildman–Crippen LogP) is 2.08. The van der Waals surface area contributed by atoms with Crippen molar-refractivity contribution in [2.45, 2.75) is 12.8 Å². The number of pyridine rings is 1. The van der Waals surface area contributed by atoms with Crippen LogP contribution < -0.4 is 5.73 Å². The molecule has 3 N–H and O–H groups in total. The summed E-state index contributed by atoms with van der Waals surface area (Å²) in [6, 6.07) is 7.49. The summed E-state index contributed by atoms with van der Waals surface area (Å²) in [6.07, 6.45) is 5.76.